The SMILES string of the molecule is O=S(=O)(O)c1cc(-c2ccc(OC(F)=C(F)F)c(S(=O)(=O)O)c2)ccc1OC(F)=C(F)F. The molecule has 0 saturated heterocycles. The molecule has 8 nitrogen and oxygen atoms in total. The Bertz CT molecular complexity index is 1220. The van der Waals surface area contributed by atoms with Crippen molar-refractivity contribution in [1.29, 1.82) is 0 Å². The van der Waals surface area contributed by atoms with Gasteiger partial charge in [-0.1, -0.05) is 12.1 Å². The van der Waals surface area contributed by atoms with Crippen molar-refractivity contribution in [3.05, 3.63) is 60.6 Å². The molecule has 0 aliphatic rings. The largest absolute Gasteiger partial charge is 0.426 e. The van der Waals surface area contributed by atoms with Gasteiger partial charge in [0.25, 0.3) is 20.2 Å². The van der Waals surface area contributed by atoms with Crippen LogP contribution in [0.3, 0.4) is 0 Å². The third-order valence-corrected chi connectivity index (χ3v) is 5.22. The topological polar surface area (TPSA) is 127 Å². The molecule has 0 saturated carbocycles. The Morgan fingerprint density at radius 2 is 0.938 bits per heavy atom. The van der Waals surface area contributed by atoms with Crippen molar-refractivity contribution in [2.45, 2.75) is 9.79 Å². The van der Waals surface area contributed by atoms with E-state index in [4.69, 9.17) is 0 Å². The Labute approximate surface area is 175 Å². The first kappa shape index (κ1) is 25.2. The van der Waals surface area contributed by atoms with E-state index >= 15 is 0 Å². The van der Waals surface area contributed by atoms with Gasteiger partial charge in [0, 0.05) is 0 Å². The quantitative estimate of drug-likeness (QED) is 0.315. The molecule has 0 aliphatic carbocycles. The maximum atomic E-state index is 13.0. The van der Waals surface area contributed by atoms with Crippen LogP contribution in [0.4, 0.5) is 26.3 Å². The maximum Gasteiger partial charge on any atom is 0.344 e. The van der Waals surface area contributed by atoms with Crippen LogP contribution in [0.25, 0.3) is 11.1 Å². The summed E-state index contributed by atoms with van der Waals surface area (Å²) in [6, 6.07) is -0.768. The summed E-state index contributed by atoms with van der Waals surface area (Å²) in [5.41, 5.74) is -0.557. The van der Waals surface area contributed by atoms with E-state index < -0.39 is 65.7 Å². The normalized spacial score (nSPS) is 11.6. The molecular weight excluding hydrogens is 498 g/mol. The molecule has 0 unspecified atom stereocenters. The molecule has 0 spiro atoms. The molecule has 2 rings (SSSR count). The van der Waals surface area contributed by atoms with Crippen LogP contribution in [0.1, 0.15) is 0 Å². The maximum absolute atomic E-state index is 13.0. The molecule has 0 radical (unpaired) electrons. The third kappa shape index (κ3) is 6.00. The van der Waals surface area contributed by atoms with Gasteiger partial charge in [-0.05, 0) is 35.4 Å². The molecule has 0 bridgehead atoms. The molecule has 0 aromatic heterocycles. The van der Waals surface area contributed by atoms with Gasteiger partial charge in [-0.3, -0.25) is 9.11 Å². The van der Waals surface area contributed by atoms with Crippen LogP contribution in [-0.2, 0) is 20.2 Å². The Morgan fingerprint density at radius 3 is 1.19 bits per heavy atom. The van der Waals surface area contributed by atoms with E-state index in [1.807, 2.05) is 0 Å². The van der Waals surface area contributed by atoms with E-state index in [0.717, 1.165) is 12.1 Å². The second-order valence-corrected chi connectivity index (χ2v) is 8.33. The first-order valence-corrected chi connectivity index (χ1v) is 10.5. The standard InChI is InChI=1S/C16H8F6O8S2/c17-13(18)15(21)29-9-3-1-7(5-11(9)31(23,24)25)8-2-4-10(30-16(22)14(19)20)12(6-8)32(26,27)28/h1-6H,(H,23,24,25)(H,26,27,28). The van der Waals surface area contributed by atoms with Gasteiger partial charge in [-0.2, -0.15) is 43.2 Å². The number of hydrogen-bond acceptors (Lipinski definition) is 6. The van der Waals surface area contributed by atoms with Crippen LogP contribution < -0.4 is 9.47 Å². The van der Waals surface area contributed by atoms with Crippen LogP contribution >= 0.6 is 0 Å². The zero-order valence-corrected chi connectivity index (χ0v) is 16.5. The minimum atomic E-state index is -5.20. The summed E-state index contributed by atoms with van der Waals surface area (Å²) in [6.07, 6.45) is -5.87. The molecular formula is C16H8F6O8S2. The van der Waals surface area contributed by atoms with Gasteiger partial charge in [0.2, 0.25) is 0 Å². The van der Waals surface area contributed by atoms with E-state index in [2.05, 4.69) is 9.47 Å². The Morgan fingerprint density at radius 1 is 0.625 bits per heavy atom. The van der Waals surface area contributed by atoms with Gasteiger partial charge in [0.15, 0.2) is 11.5 Å². The minimum Gasteiger partial charge on any atom is -0.426 e. The van der Waals surface area contributed by atoms with Crippen LogP contribution in [0.15, 0.2) is 70.4 Å². The molecule has 2 aromatic rings. The first-order valence-electron chi connectivity index (χ1n) is 7.62. The van der Waals surface area contributed by atoms with Crippen molar-refractivity contribution >= 4 is 20.2 Å². The summed E-state index contributed by atoms with van der Waals surface area (Å²) in [4.78, 5) is -2.43. The molecule has 174 valence electrons. The highest BCUT2D eigenvalue weighted by Gasteiger charge is 2.24. The first-order chi connectivity index (χ1) is 14.6. The number of halogens is 6. The zero-order valence-electron chi connectivity index (χ0n) is 14.9. The summed E-state index contributed by atoms with van der Waals surface area (Å²) >= 11 is 0. The molecule has 16 heteroatoms. The summed E-state index contributed by atoms with van der Waals surface area (Å²) in [5.74, 6) is -2.13. The molecule has 0 aliphatic heterocycles. The lowest BCUT2D eigenvalue weighted by Crippen LogP contribution is -2.04. The summed E-state index contributed by atoms with van der Waals surface area (Å²) in [6.45, 7) is 0. The smallest absolute Gasteiger partial charge is 0.344 e. The third-order valence-electron chi connectivity index (χ3n) is 3.47. The van der Waals surface area contributed by atoms with Gasteiger partial charge < -0.3 is 9.47 Å². The fourth-order valence-electron chi connectivity index (χ4n) is 2.22. The fraction of sp³-hybridized carbons (Fsp3) is 0. The van der Waals surface area contributed by atoms with Crippen LogP contribution in [-0.4, -0.2) is 25.9 Å². The number of benzene rings is 2. The van der Waals surface area contributed by atoms with E-state index in [1.165, 1.54) is 0 Å². The van der Waals surface area contributed by atoms with Crippen molar-refractivity contribution in [2.24, 2.45) is 0 Å². The molecule has 2 aromatic carbocycles. The van der Waals surface area contributed by atoms with Crippen molar-refractivity contribution in [1.82, 2.24) is 0 Å². The van der Waals surface area contributed by atoms with Crippen molar-refractivity contribution in [3.63, 3.8) is 0 Å². The highest BCUT2D eigenvalue weighted by molar-refractivity contribution is 7.86. The number of hydrogen-bond donors (Lipinski definition) is 2. The Hall–Kier alpha value is -3.08. The zero-order chi connectivity index (χ0) is 24.4. The lowest BCUT2D eigenvalue weighted by Gasteiger charge is -2.12. The van der Waals surface area contributed by atoms with E-state index in [1.54, 1.807) is 0 Å². The predicted octanol–water partition coefficient (Wildman–Crippen LogP) is 4.67. The molecule has 0 atom stereocenters. The monoisotopic (exact) mass is 506 g/mol. The van der Waals surface area contributed by atoms with E-state index in [9.17, 15) is 52.3 Å². The van der Waals surface area contributed by atoms with Gasteiger partial charge >= 0.3 is 24.2 Å². The van der Waals surface area contributed by atoms with Gasteiger partial charge in [-0.15, -0.1) is 0 Å². The second-order valence-electron chi connectivity index (χ2n) is 5.55. The summed E-state index contributed by atoms with van der Waals surface area (Å²) < 4.78 is 148. The van der Waals surface area contributed by atoms with Gasteiger partial charge in [0.1, 0.15) is 9.79 Å². The Kier molecular flexibility index (Phi) is 7.23. The molecule has 2 N–H and O–H groups in total. The number of ether oxygens (including phenoxy) is 2. The lowest BCUT2D eigenvalue weighted by molar-refractivity contribution is 0.237. The molecule has 0 amide bonds. The predicted molar refractivity (Wildman–Crippen MR) is 93.5 cm³/mol. The average molecular weight is 506 g/mol. The highest BCUT2D eigenvalue weighted by atomic mass is 32.2. The lowest BCUT2D eigenvalue weighted by atomic mass is 10.1. The molecule has 0 heterocycles. The van der Waals surface area contributed by atoms with Crippen LogP contribution in [0, 0.1) is 0 Å². The summed E-state index contributed by atoms with van der Waals surface area (Å²) in [7, 11) is -10.4. The van der Waals surface area contributed by atoms with E-state index in [-0.39, 0.29) is 11.1 Å². The fourth-order valence-corrected chi connectivity index (χ4v) is 3.50. The van der Waals surface area contributed by atoms with Gasteiger partial charge in [-0.25, -0.2) is 0 Å². The molecule has 32 heavy (non-hydrogen) atoms. The van der Waals surface area contributed by atoms with Crippen LogP contribution in [0.2, 0.25) is 0 Å². The second kappa shape index (κ2) is 9.19. The molecule has 0 fully saturated rings. The van der Waals surface area contributed by atoms with E-state index in [0.29, 0.717) is 24.3 Å². The number of rotatable bonds is 7. The highest BCUT2D eigenvalue weighted by Crippen LogP contribution is 2.35. The van der Waals surface area contributed by atoms with Crippen LogP contribution in [0.5, 0.6) is 11.5 Å². The average Bonchev–Trinajstić information content (AvgIpc) is 2.66. The van der Waals surface area contributed by atoms with Crippen molar-refractivity contribution in [3.8, 4) is 22.6 Å². The minimum absolute atomic E-state index is 0.279. The van der Waals surface area contributed by atoms with Crippen molar-refractivity contribution in [2.75, 3.05) is 0 Å². The summed E-state index contributed by atoms with van der Waals surface area (Å²) in [5, 5.41) is 0. The van der Waals surface area contributed by atoms with Crippen molar-refractivity contribution < 1.29 is 61.8 Å². The van der Waals surface area contributed by atoms with Gasteiger partial charge in [0.05, 0.1) is 0 Å². The Balaban J connectivity index is 2.67.